The second-order valence-corrected chi connectivity index (χ2v) is 5.04. The van der Waals surface area contributed by atoms with Crippen molar-refractivity contribution in [2.45, 2.75) is 38.3 Å². The van der Waals surface area contributed by atoms with Gasteiger partial charge in [-0.1, -0.05) is 12.2 Å². The van der Waals surface area contributed by atoms with Crippen LogP contribution >= 0.6 is 0 Å². The summed E-state index contributed by atoms with van der Waals surface area (Å²) in [6, 6.07) is 0.621. The van der Waals surface area contributed by atoms with Crippen LogP contribution in [0.3, 0.4) is 0 Å². The van der Waals surface area contributed by atoms with Crippen LogP contribution in [-0.4, -0.2) is 23.3 Å². The maximum Gasteiger partial charge on any atom is 0.0715 e. The van der Waals surface area contributed by atoms with Crippen LogP contribution in [0.4, 0.5) is 0 Å². The molecule has 0 aliphatic heterocycles. The number of allylic oxidation sites excluding steroid dienone is 1. The van der Waals surface area contributed by atoms with Gasteiger partial charge >= 0.3 is 0 Å². The summed E-state index contributed by atoms with van der Waals surface area (Å²) in [7, 11) is 0. The van der Waals surface area contributed by atoms with Crippen molar-refractivity contribution < 1.29 is 5.11 Å². The van der Waals surface area contributed by atoms with Gasteiger partial charge in [0.05, 0.1) is 5.60 Å². The van der Waals surface area contributed by atoms with Crippen LogP contribution in [0.25, 0.3) is 0 Å². The summed E-state index contributed by atoms with van der Waals surface area (Å²) in [6.07, 6.45) is 7.18. The van der Waals surface area contributed by atoms with E-state index in [2.05, 4.69) is 17.5 Å². The van der Waals surface area contributed by atoms with Gasteiger partial charge in [0.25, 0.3) is 0 Å². The second-order valence-electron chi connectivity index (χ2n) is 5.04. The molecule has 0 amide bonds. The van der Waals surface area contributed by atoms with Crippen LogP contribution in [0.5, 0.6) is 0 Å². The molecule has 2 nitrogen and oxygen atoms in total. The van der Waals surface area contributed by atoms with E-state index in [-0.39, 0.29) is 0 Å². The smallest absolute Gasteiger partial charge is 0.0715 e. The molecule has 2 aliphatic carbocycles. The van der Waals surface area contributed by atoms with Gasteiger partial charge in [-0.3, -0.25) is 0 Å². The molecule has 2 aliphatic rings. The minimum absolute atomic E-state index is 0.576. The summed E-state index contributed by atoms with van der Waals surface area (Å²) < 4.78 is 0. The van der Waals surface area contributed by atoms with Crippen molar-refractivity contribution in [3.05, 3.63) is 12.2 Å². The lowest BCUT2D eigenvalue weighted by atomic mass is 9.71. The molecule has 13 heavy (non-hydrogen) atoms. The van der Waals surface area contributed by atoms with Gasteiger partial charge in [0, 0.05) is 12.6 Å². The highest BCUT2D eigenvalue weighted by molar-refractivity contribution is 5.12. The van der Waals surface area contributed by atoms with Crippen LogP contribution in [0.1, 0.15) is 26.7 Å². The molecule has 0 aromatic rings. The molecule has 2 rings (SSSR count). The van der Waals surface area contributed by atoms with E-state index in [1.807, 2.05) is 13.8 Å². The van der Waals surface area contributed by atoms with Gasteiger partial charge in [0.1, 0.15) is 0 Å². The molecule has 0 heterocycles. The standard InChI is InChI=1S/C11H19NO/c1-11(2,13)7-12-10-6-8-4-3-5-9(8)10/h3,5,8-10,12-13H,4,6-7H2,1-2H3. The number of hydrogen-bond acceptors (Lipinski definition) is 2. The van der Waals surface area contributed by atoms with Crippen LogP contribution in [0, 0.1) is 11.8 Å². The first-order valence-electron chi connectivity index (χ1n) is 5.19. The average Bonchev–Trinajstić information content (AvgIpc) is 2.30. The minimum atomic E-state index is -0.576. The molecule has 1 fully saturated rings. The highest BCUT2D eigenvalue weighted by atomic mass is 16.3. The first-order chi connectivity index (χ1) is 6.06. The van der Waals surface area contributed by atoms with Gasteiger partial charge in [-0.2, -0.15) is 0 Å². The van der Waals surface area contributed by atoms with E-state index in [9.17, 15) is 5.11 Å². The zero-order chi connectivity index (χ0) is 9.47. The number of fused-ring (bicyclic) bond motifs is 1. The zero-order valence-corrected chi connectivity index (χ0v) is 8.46. The number of nitrogens with one attached hydrogen (secondary N) is 1. The average molecular weight is 181 g/mol. The minimum Gasteiger partial charge on any atom is -0.389 e. The van der Waals surface area contributed by atoms with Gasteiger partial charge in [-0.15, -0.1) is 0 Å². The lowest BCUT2D eigenvalue weighted by Gasteiger charge is -2.41. The summed E-state index contributed by atoms with van der Waals surface area (Å²) in [5.41, 5.74) is -0.576. The maximum absolute atomic E-state index is 9.55. The third-order valence-electron chi connectivity index (χ3n) is 3.16. The predicted molar refractivity (Wildman–Crippen MR) is 53.4 cm³/mol. The highest BCUT2D eigenvalue weighted by Gasteiger charge is 2.40. The SMILES string of the molecule is CC(C)(O)CNC1CC2CC=CC21. The quantitative estimate of drug-likeness (QED) is 0.643. The van der Waals surface area contributed by atoms with Crippen molar-refractivity contribution in [3.8, 4) is 0 Å². The third kappa shape index (κ3) is 1.94. The van der Waals surface area contributed by atoms with E-state index in [1.165, 1.54) is 12.8 Å². The molecule has 3 atom stereocenters. The van der Waals surface area contributed by atoms with Crippen LogP contribution in [0.2, 0.25) is 0 Å². The molecule has 74 valence electrons. The normalized spacial score (nSPS) is 37.3. The first kappa shape index (κ1) is 9.22. The summed E-state index contributed by atoms with van der Waals surface area (Å²) in [5, 5.41) is 13.0. The molecule has 0 radical (unpaired) electrons. The van der Waals surface area contributed by atoms with Crippen molar-refractivity contribution in [1.29, 1.82) is 0 Å². The Labute approximate surface area is 80.0 Å². The fourth-order valence-electron chi connectivity index (χ4n) is 2.33. The molecule has 0 bridgehead atoms. The Bertz CT molecular complexity index is 217. The van der Waals surface area contributed by atoms with Crippen molar-refractivity contribution in [1.82, 2.24) is 5.32 Å². The van der Waals surface area contributed by atoms with E-state index in [0.717, 1.165) is 11.8 Å². The second kappa shape index (κ2) is 3.10. The lowest BCUT2D eigenvalue weighted by Crippen LogP contribution is -2.51. The summed E-state index contributed by atoms with van der Waals surface area (Å²) in [5.74, 6) is 1.65. The van der Waals surface area contributed by atoms with Crippen molar-refractivity contribution in [2.75, 3.05) is 6.54 Å². The largest absolute Gasteiger partial charge is 0.389 e. The fourth-order valence-corrected chi connectivity index (χ4v) is 2.33. The van der Waals surface area contributed by atoms with Gasteiger partial charge in [-0.25, -0.2) is 0 Å². The maximum atomic E-state index is 9.55. The Balaban J connectivity index is 1.76. The van der Waals surface area contributed by atoms with E-state index in [4.69, 9.17) is 0 Å². The Morgan fingerprint density at radius 3 is 2.92 bits per heavy atom. The van der Waals surface area contributed by atoms with E-state index < -0.39 is 5.60 Å². The highest BCUT2D eigenvalue weighted by Crippen LogP contribution is 2.42. The number of rotatable bonds is 3. The molecular weight excluding hydrogens is 162 g/mol. The Kier molecular flexibility index (Phi) is 2.20. The molecule has 2 N–H and O–H groups in total. The Morgan fingerprint density at radius 2 is 2.31 bits per heavy atom. The Morgan fingerprint density at radius 1 is 1.54 bits per heavy atom. The van der Waals surface area contributed by atoms with Crippen molar-refractivity contribution in [2.24, 2.45) is 11.8 Å². The molecule has 0 aromatic heterocycles. The summed E-state index contributed by atoms with van der Waals surface area (Å²) >= 11 is 0. The molecule has 2 heteroatoms. The zero-order valence-electron chi connectivity index (χ0n) is 8.46. The third-order valence-corrected chi connectivity index (χ3v) is 3.16. The van der Waals surface area contributed by atoms with Gasteiger partial charge in [0.15, 0.2) is 0 Å². The molecule has 0 aromatic carbocycles. The first-order valence-corrected chi connectivity index (χ1v) is 5.19. The van der Waals surface area contributed by atoms with Crippen LogP contribution < -0.4 is 5.32 Å². The van der Waals surface area contributed by atoms with Crippen LogP contribution in [-0.2, 0) is 0 Å². The van der Waals surface area contributed by atoms with E-state index in [0.29, 0.717) is 12.6 Å². The monoisotopic (exact) mass is 181 g/mol. The molecule has 0 spiro atoms. The van der Waals surface area contributed by atoms with Gasteiger partial charge in [0.2, 0.25) is 0 Å². The lowest BCUT2D eigenvalue weighted by molar-refractivity contribution is 0.0599. The Hall–Kier alpha value is -0.340. The van der Waals surface area contributed by atoms with Crippen LogP contribution in [0.15, 0.2) is 12.2 Å². The molecule has 1 saturated carbocycles. The van der Waals surface area contributed by atoms with Gasteiger partial charge in [-0.05, 0) is 38.5 Å². The predicted octanol–water partition coefficient (Wildman–Crippen LogP) is 1.31. The molecular formula is C11H19NO. The van der Waals surface area contributed by atoms with Crippen molar-refractivity contribution in [3.63, 3.8) is 0 Å². The van der Waals surface area contributed by atoms with E-state index >= 15 is 0 Å². The summed E-state index contributed by atoms with van der Waals surface area (Å²) in [6.45, 7) is 4.40. The molecule has 3 unspecified atom stereocenters. The van der Waals surface area contributed by atoms with Crippen molar-refractivity contribution >= 4 is 0 Å². The molecule has 0 saturated heterocycles. The summed E-state index contributed by atoms with van der Waals surface area (Å²) in [4.78, 5) is 0. The number of aliphatic hydroxyl groups is 1. The topological polar surface area (TPSA) is 32.3 Å². The fraction of sp³-hybridized carbons (Fsp3) is 0.818. The van der Waals surface area contributed by atoms with E-state index in [1.54, 1.807) is 0 Å². The van der Waals surface area contributed by atoms with Gasteiger partial charge < -0.3 is 10.4 Å². The number of hydrogen-bond donors (Lipinski definition) is 2.